The number of aliphatic hydroxyl groups is 1. The molecule has 0 saturated carbocycles. The molecule has 6 heteroatoms. The molecule has 0 aliphatic carbocycles. The number of aliphatic hydroxyl groups excluding tert-OH is 1. The monoisotopic (exact) mass is 322 g/mol. The van der Waals surface area contributed by atoms with E-state index in [0.717, 1.165) is 17.1 Å². The Morgan fingerprint density at radius 3 is 2.75 bits per heavy atom. The van der Waals surface area contributed by atoms with Crippen molar-refractivity contribution >= 4 is 11.6 Å². The molecule has 0 atom stereocenters. The van der Waals surface area contributed by atoms with Gasteiger partial charge in [0.05, 0.1) is 6.61 Å². The minimum absolute atomic E-state index is 0.0517. The first kappa shape index (κ1) is 15.9. The van der Waals surface area contributed by atoms with E-state index in [4.69, 9.17) is 5.11 Å². The molecule has 122 valence electrons. The molecule has 0 fully saturated rings. The van der Waals surface area contributed by atoms with E-state index in [-0.39, 0.29) is 12.5 Å². The summed E-state index contributed by atoms with van der Waals surface area (Å²) in [5, 5.41) is 20.0. The summed E-state index contributed by atoms with van der Waals surface area (Å²) in [5.74, 6) is 0.633. The van der Waals surface area contributed by atoms with Crippen molar-refractivity contribution in [1.82, 2.24) is 14.8 Å². The summed E-state index contributed by atoms with van der Waals surface area (Å²) in [4.78, 5) is 12.1. The molecule has 2 aromatic carbocycles. The van der Waals surface area contributed by atoms with Crippen molar-refractivity contribution in [3.63, 3.8) is 0 Å². The van der Waals surface area contributed by atoms with Gasteiger partial charge in [0.25, 0.3) is 0 Å². The number of amides is 1. The number of anilines is 1. The lowest BCUT2D eigenvalue weighted by molar-refractivity contribution is -0.116. The van der Waals surface area contributed by atoms with Crippen molar-refractivity contribution in [2.75, 3.05) is 5.32 Å². The van der Waals surface area contributed by atoms with Gasteiger partial charge in [-0.15, -0.1) is 10.2 Å². The number of nitrogens with zero attached hydrogens (tertiary/aromatic N) is 3. The van der Waals surface area contributed by atoms with Crippen LogP contribution in [0.2, 0.25) is 0 Å². The van der Waals surface area contributed by atoms with Gasteiger partial charge in [-0.1, -0.05) is 30.3 Å². The highest BCUT2D eigenvalue weighted by atomic mass is 16.3. The second-order valence-corrected chi connectivity index (χ2v) is 5.36. The molecule has 0 spiro atoms. The number of aromatic nitrogens is 3. The van der Waals surface area contributed by atoms with Gasteiger partial charge in [-0.05, 0) is 29.8 Å². The smallest absolute Gasteiger partial charge is 0.224 e. The zero-order valence-corrected chi connectivity index (χ0v) is 13.1. The maximum atomic E-state index is 12.1. The molecule has 0 aliphatic rings. The third kappa shape index (κ3) is 3.85. The minimum Gasteiger partial charge on any atom is -0.392 e. The Bertz CT molecular complexity index is 815. The fourth-order valence-electron chi connectivity index (χ4n) is 2.43. The maximum absolute atomic E-state index is 12.1. The number of carbonyl (C=O) groups is 1. The highest BCUT2D eigenvalue weighted by molar-refractivity contribution is 5.90. The summed E-state index contributed by atoms with van der Waals surface area (Å²) < 4.78 is 1.87. The van der Waals surface area contributed by atoms with Crippen LogP contribution in [-0.4, -0.2) is 25.8 Å². The first-order valence-electron chi connectivity index (χ1n) is 7.70. The predicted molar refractivity (Wildman–Crippen MR) is 90.7 cm³/mol. The number of carbonyl (C=O) groups excluding carboxylic acids is 1. The van der Waals surface area contributed by atoms with Gasteiger partial charge in [0.1, 0.15) is 12.2 Å². The van der Waals surface area contributed by atoms with E-state index < -0.39 is 0 Å². The van der Waals surface area contributed by atoms with Crippen LogP contribution in [0.3, 0.4) is 0 Å². The number of hydrogen-bond acceptors (Lipinski definition) is 4. The highest BCUT2D eigenvalue weighted by Gasteiger charge is 2.09. The van der Waals surface area contributed by atoms with E-state index in [0.29, 0.717) is 18.5 Å². The number of benzene rings is 2. The van der Waals surface area contributed by atoms with Gasteiger partial charge in [0.2, 0.25) is 5.91 Å². The van der Waals surface area contributed by atoms with Crippen molar-refractivity contribution in [2.45, 2.75) is 19.4 Å². The van der Waals surface area contributed by atoms with E-state index in [1.165, 1.54) is 0 Å². The number of para-hydroxylation sites is 1. The van der Waals surface area contributed by atoms with Gasteiger partial charge < -0.3 is 10.4 Å². The maximum Gasteiger partial charge on any atom is 0.224 e. The SMILES string of the molecule is O=C(CCc1nncn1-c1ccccc1)Nc1cccc(CO)c1. The molecule has 0 saturated heterocycles. The minimum atomic E-state index is -0.104. The molecule has 1 amide bonds. The normalized spacial score (nSPS) is 10.5. The van der Waals surface area contributed by atoms with Crippen LogP contribution < -0.4 is 5.32 Å². The van der Waals surface area contributed by atoms with Crippen LogP contribution in [0, 0.1) is 0 Å². The molecule has 0 radical (unpaired) electrons. The van der Waals surface area contributed by atoms with Gasteiger partial charge in [-0.25, -0.2) is 0 Å². The van der Waals surface area contributed by atoms with Crippen molar-refractivity contribution in [2.24, 2.45) is 0 Å². The molecule has 0 aliphatic heterocycles. The van der Waals surface area contributed by atoms with Crippen LogP contribution in [0.5, 0.6) is 0 Å². The molecule has 3 aromatic rings. The molecule has 0 unspecified atom stereocenters. The molecule has 1 heterocycles. The fraction of sp³-hybridized carbons (Fsp3) is 0.167. The Hall–Kier alpha value is -2.99. The topological polar surface area (TPSA) is 80.0 Å². The van der Waals surface area contributed by atoms with Crippen LogP contribution in [0.4, 0.5) is 5.69 Å². The van der Waals surface area contributed by atoms with Crippen molar-refractivity contribution in [3.05, 3.63) is 72.3 Å². The largest absolute Gasteiger partial charge is 0.392 e. The second-order valence-electron chi connectivity index (χ2n) is 5.36. The van der Waals surface area contributed by atoms with Gasteiger partial charge in [-0.3, -0.25) is 9.36 Å². The number of nitrogens with one attached hydrogen (secondary N) is 1. The Morgan fingerprint density at radius 1 is 1.12 bits per heavy atom. The third-order valence-corrected chi connectivity index (χ3v) is 3.62. The Kier molecular flexibility index (Phi) is 4.98. The van der Waals surface area contributed by atoms with Crippen LogP contribution in [0.15, 0.2) is 60.9 Å². The van der Waals surface area contributed by atoms with Crippen molar-refractivity contribution in [1.29, 1.82) is 0 Å². The number of rotatable bonds is 6. The predicted octanol–water partition coefficient (Wildman–Crippen LogP) is 2.33. The number of aryl methyl sites for hydroxylation is 1. The number of hydrogen-bond donors (Lipinski definition) is 2. The molecule has 3 rings (SSSR count). The van der Waals surface area contributed by atoms with Crippen LogP contribution in [0.25, 0.3) is 5.69 Å². The van der Waals surface area contributed by atoms with E-state index in [1.807, 2.05) is 34.9 Å². The summed E-state index contributed by atoms with van der Waals surface area (Å²) in [5.41, 5.74) is 2.40. The third-order valence-electron chi connectivity index (χ3n) is 3.62. The van der Waals surface area contributed by atoms with E-state index in [9.17, 15) is 4.79 Å². The molecule has 1 aromatic heterocycles. The Balaban J connectivity index is 1.62. The quantitative estimate of drug-likeness (QED) is 0.730. The van der Waals surface area contributed by atoms with Crippen LogP contribution in [0.1, 0.15) is 17.8 Å². The average Bonchev–Trinajstić information content (AvgIpc) is 3.09. The first-order chi connectivity index (χ1) is 11.8. The average molecular weight is 322 g/mol. The van der Waals surface area contributed by atoms with E-state index in [2.05, 4.69) is 15.5 Å². The molecule has 0 bridgehead atoms. The highest BCUT2D eigenvalue weighted by Crippen LogP contribution is 2.13. The fourth-order valence-corrected chi connectivity index (χ4v) is 2.43. The Morgan fingerprint density at radius 2 is 1.96 bits per heavy atom. The Labute approximate surface area is 139 Å². The molecule has 6 nitrogen and oxygen atoms in total. The summed E-state index contributed by atoms with van der Waals surface area (Å²) in [6, 6.07) is 16.9. The van der Waals surface area contributed by atoms with Gasteiger partial charge >= 0.3 is 0 Å². The molecular formula is C18H18N4O2. The van der Waals surface area contributed by atoms with Crippen molar-refractivity contribution in [3.8, 4) is 5.69 Å². The van der Waals surface area contributed by atoms with Gasteiger partial charge in [0.15, 0.2) is 0 Å². The van der Waals surface area contributed by atoms with Crippen LogP contribution >= 0.6 is 0 Å². The lowest BCUT2D eigenvalue weighted by Gasteiger charge is -2.08. The second kappa shape index (κ2) is 7.52. The summed E-state index contributed by atoms with van der Waals surface area (Å²) in [6.07, 6.45) is 2.43. The summed E-state index contributed by atoms with van der Waals surface area (Å²) >= 11 is 0. The van der Waals surface area contributed by atoms with E-state index in [1.54, 1.807) is 30.6 Å². The molecule has 24 heavy (non-hydrogen) atoms. The van der Waals surface area contributed by atoms with Gasteiger partial charge in [0, 0.05) is 24.2 Å². The van der Waals surface area contributed by atoms with Crippen molar-refractivity contribution < 1.29 is 9.90 Å². The van der Waals surface area contributed by atoms with Crippen LogP contribution in [-0.2, 0) is 17.8 Å². The summed E-state index contributed by atoms with van der Waals surface area (Å²) in [7, 11) is 0. The van der Waals surface area contributed by atoms with Gasteiger partial charge in [-0.2, -0.15) is 0 Å². The standard InChI is InChI=1S/C18H18N4O2/c23-12-14-5-4-6-15(11-14)20-18(24)10-9-17-21-19-13-22(17)16-7-2-1-3-8-16/h1-8,11,13,23H,9-10,12H2,(H,20,24). The lowest BCUT2D eigenvalue weighted by atomic mass is 10.2. The molecular weight excluding hydrogens is 304 g/mol. The zero-order valence-electron chi connectivity index (χ0n) is 13.1. The zero-order chi connectivity index (χ0) is 16.8. The van der Waals surface area contributed by atoms with E-state index >= 15 is 0 Å². The summed E-state index contributed by atoms with van der Waals surface area (Å²) in [6.45, 7) is -0.0517. The first-order valence-corrected chi connectivity index (χ1v) is 7.70. The lowest BCUT2D eigenvalue weighted by Crippen LogP contribution is -2.14. The molecule has 2 N–H and O–H groups in total.